The number of hydrogen-bond donors (Lipinski definition) is 2. The van der Waals surface area contributed by atoms with Gasteiger partial charge in [-0.15, -0.1) is 0 Å². The largest absolute Gasteiger partial charge is 0.343 e. The molecular weight excluding hydrogens is 435 g/mol. The first-order chi connectivity index (χ1) is 13.8. The maximum absolute atomic E-state index is 12.5. The summed E-state index contributed by atoms with van der Waals surface area (Å²) in [5.41, 5.74) is 1.05. The van der Waals surface area contributed by atoms with Crippen LogP contribution in [0.15, 0.2) is 54.9 Å². The monoisotopic (exact) mass is 450 g/mol. The molecule has 0 aliphatic heterocycles. The van der Waals surface area contributed by atoms with E-state index in [-0.39, 0.29) is 23.0 Å². The molecule has 0 aliphatic rings. The van der Waals surface area contributed by atoms with Crippen molar-refractivity contribution in [2.75, 3.05) is 6.54 Å². The quantitative estimate of drug-likeness (QED) is 0.594. The van der Waals surface area contributed by atoms with Gasteiger partial charge in [0.1, 0.15) is 11.9 Å². The summed E-state index contributed by atoms with van der Waals surface area (Å²) < 4.78 is 1.81. The van der Waals surface area contributed by atoms with Gasteiger partial charge in [0.15, 0.2) is 0 Å². The minimum Gasteiger partial charge on any atom is -0.343 e. The first kappa shape index (κ1) is 21.2. The summed E-state index contributed by atoms with van der Waals surface area (Å²) in [6.07, 6.45) is 3.43. The highest BCUT2D eigenvalue weighted by atomic mass is 35.5. The van der Waals surface area contributed by atoms with Gasteiger partial charge in [-0.25, -0.2) is 4.98 Å². The first-order valence-electron chi connectivity index (χ1n) is 8.60. The maximum Gasteiger partial charge on any atom is 0.253 e. The molecule has 0 saturated heterocycles. The van der Waals surface area contributed by atoms with E-state index >= 15 is 0 Å². The summed E-state index contributed by atoms with van der Waals surface area (Å²) in [6, 6.07) is 11.1. The molecule has 0 bridgehead atoms. The van der Waals surface area contributed by atoms with Crippen molar-refractivity contribution in [2.24, 2.45) is 7.05 Å². The van der Waals surface area contributed by atoms with E-state index < -0.39 is 11.9 Å². The van der Waals surface area contributed by atoms with Gasteiger partial charge in [-0.2, -0.15) is 0 Å². The summed E-state index contributed by atoms with van der Waals surface area (Å²) in [4.78, 5) is 29.2. The number of carbonyl (C=O) groups is 2. The predicted molar refractivity (Wildman–Crippen MR) is 113 cm³/mol. The molecule has 0 fully saturated rings. The van der Waals surface area contributed by atoms with Crippen molar-refractivity contribution in [3.05, 3.63) is 86.9 Å². The van der Waals surface area contributed by atoms with Gasteiger partial charge in [0, 0.05) is 29.5 Å². The fraction of sp³-hybridized carbons (Fsp3) is 0.150. The zero-order chi connectivity index (χ0) is 21.0. The number of halogens is 3. The van der Waals surface area contributed by atoms with Crippen LogP contribution in [0.5, 0.6) is 0 Å². The average molecular weight is 452 g/mol. The number of nitrogens with one attached hydrogen (secondary N) is 2. The zero-order valence-corrected chi connectivity index (χ0v) is 17.6. The summed E-state index contributed by atoms with van der Waals surface area (Å²) in [7, 11) is 1.84. The van der Waals surface area contributed by atoms with Crippen molar-refractivity contribution in [3.8, 4) is 0 Å². The molecule has 1 heterocycles. The highest BCUT2D eigenvalue weighted by Crippen LogP contribution is 2.23. The van der Waals surface area contributed by atoms with Crippen molar-refractivity contribution in [1.29, 1.82) is 0 Å². The average Bonchev–Trinajstić information content (AvgIpc) is 3.10. The fourth-order valence-corrected chi connectivity index (χ4v) is 3.37. The summed E-state index contributed by atoms with van der Waals surface area (Å²) >= 11 is 17.8. The second-order valence-corrected chi connectivity index (χ2v) is 7.54. The Morgan fingerprint density at radius 2 is 1.76 bits per heavy atom. The lowest BCUT2D eigenvalue weighted by molar-refractivity contribution is -0.120. The van der Waals surface area contributed by atoms with Gasteiger partial charge < -0.3 is 15.2 Å². The number of aryl methyl sites for hydroxylation is 1. The highest BCUT2D eigenvalue weighted by molar-refractivity contribution is 6.36. The van der Waals surface area contributed by atoms with E-state index in [1.807, 2.05) is 23.7 Å². The molecule has 0 radical (unpaired) electrons. The van der Waals surface area contributed by atoms with E-state index in [1.165, 1.54) is 12.1 Å². The molecule has 0 saturated carbocycles. The molecule has 0 spiro atoms. The van der Waals surface area contributed by atoms with Crippen LogP contribution in [0.3, 0.4) is 0 Å². The number of imidazole rings is 1. The molecule has 2 N–H and O–H groups in total. The number of hydrogen-bond acceptors (Lipinski definition) is 3. The van der Waals surface area contributed by atoms with Gasteiger partial charge >= 0.3 is 0 Å². The van der Waals surface area contributed by atoms with Crippen LogP contribution in [0.1, 0.15) is 27.8 Å². The van der Waals surface area contributed by atoms with E-state index in [4.69, 9.17) is 34.8 Å². The number of aromatic nitrogens is 2. The van der Waals surface area contributed by atoms with Crippen LogP contribution >= 0.6 is 34.8 Å². The van der Waals surface area contributed by atoms with Crippen molar-refractivity contribution in [2.45, 2.75) is 6.04 Å². The standard InChI is InChI=1S/C20H17Cl3N4O2/c1-27-9-8-24-19(27)18(12-2-4-13(21)5-3-12)26-17(28)11-25-20(29)15-7-6-14(22)10-16(15)23/h2-10,18H,11H2,1H3,(H,25,29)(H,26,28)/t18-/m0/s1. The molecule has 2 aromatic carbocycles. The number of nitrogens with zero attached hydrogens (tertiary/aromatic N) is 2. The van der Waals surface area contributed by atoms with E-state index in [9.17, 15) is 9.59 Å². The summed E-state index contributed by atoms with van der Waals surface area (Å²) in [5.74, 6) is -0.207. The molecule has 0 aliphatic carbocycles. The van der Waals surface area contributed by atoms with E-state index in [0.29, 0.717) is 15.9 Å². The van der Waals surface area contributed by atoms with Gasteiger partial charge in [0.25, 0.3) is 5.91 Å². The molecule has 9 heteroatoms. The molecule has 1 atom stereocenters. The summed E-state index contributed by atoms with van der Waals surface area (Å²) in [5, 5.41) is 6.67. The van der Waals surface area contributed by atoms with Gasteiger partial charge in [0.05, 0.1) is 17.1 Å². The molecule has 2 amide bonds. The Bertz CT molecular complexity index is 1030. The molecule has 3 aromatic rings. The van der Waals surface area contributed by atoms with Crippen LogP contribution in [0.25, 0.3) is 0 Å². The second kappa shape index (κ2) is 9.31. The lowest BCUT2D eigenvalue weighted by Gasteiger charge is -2.19. The van der Waals surface area contributed by atoms with Crippen LogP contribution in [0.2, 0.25) is 15.1 Å². The molecular formula is C20H17Cl3N4O2. The van der Waals surface area contributed by atoms with E-state index in [2.05, 4.69) is 15.6 Å². The maximum atomic E-state index is 12.5. The number of benzene rings is 2. The first-order valence-corrected chi connectivity index (χ1v) is 9.74. The normalized spacial score (nSPS) is 11.7. The molecule has 29 heavy (non-hydrogen) atoms. The minimum absolute atomic E-state index is 0.211. The van der Waals surface area contributed by atoms with Crippen LogP contribution in [-0.4, -0.2) is 27.9 Å². The van der Waals surface area contributed by atoms with Crippen LogP contribution in [0.4, 0.5) is 0 Å². The zero-order valence-electron chi connectivity index (χ0n) is 15.3. The Morgan fingerprint density at radius 3 is 2.38 bits per heavy atom. The number of rotatable bonds is 6. The molecule has 6 nitrogen and oxygen atoms in total. The number of carbonyl (C=O) groups excluding carboxylic acids is 2. The Morgan fingerprint density at radius 1 is 1.07 bits per heavy atom. The fourth-order valence-electron chi connectivity index (χ4n) is 2.75. The van der Waals surface area contributed by atoms with Crippen LogP contribution in [0, 0.1) is 0 Å². The Kier molecular flexibility index (Phi) is 6.79. The highest BCUT2D eigenvalue weighted by Gasteiger charge is 2.21. The predicted octanol–water partition coefficient (Wildman–Crippen LogP) is 4.02. The SMILES string of the molecule is Cn1ccnc1[C@@H](NC(=O)CNC(=O)c1ccc(Cl)cc1Cl)c1ccc(Cl)cc1. The van der Waals surface area contributed by atoms with Gasteiger partial charge in [0.2, 0.25) is 5.91 Å². The molecule has 0 unspecified atom stereocenters. The minimum atomic E-state index is -0.504. The third-order valence-electron chi connectivity index (χ3n) is 4.21. The van der Waals surface area contributed by atoms with Crippen molar-refractivity contribution < 1.29 is 9.59 Å². The molecule has 3 rings (SSSR count). The third-order valence-corrected chi connectivity index (χ3v) is 5.01. The Labute approximate surface area is 182 Å². The third kappa shape index (κ3) is 5.29. The summed E-state index contributed by atoms with van der Waals surface area (Å²) in [6.45, 7) is -0.230. The van der Waals surface area contributed by atoms with E-state index in [0.717, 1.165) is 5.56 Å². The van der Waals surface area contributed by atoms with E-state index in [1.54, 1.807) is 30.6 Å². The van der Waals surface area contributed by atoms with Crippen molar-refractivity contribution in [1.82, 2.24) is 20.2 Å². The smallest absolute Gasteiger partial charge is 0.253 e. The van der Waals surface area contributed by atoms with Gasteiger partial charge in [-0.3, -0.25) is 9.59 Å². The van der Waals surface area contributed by atoms with Gasteiger partial charge in [-0.1, -0.05) is 46.9 Å². The lowest BCUT2D eigenvalue weighted by Crippen LogP contribution is -2.39. The van der Waals surface area contributed by atoms with Crippen molar-refractivity contribution in [3.63, 3.8) is 0 Å². The Balaban J connectivity index is 1.71. The van der Waals surface area contributed by atoms with Crippen LogP contribution < -0.4 is 10.6 Å². The van der Waals surface area contributed by atoms with Crippen LogP contribution in [-0.2, 0) is 11.8 Å². The molecule has 150 valence electrons. The molecule has 1 aromatic heterocycles. The second-order valence-electron chi connectivity index (χ2n) is 6.26. The Hall–Kier alpha value is -2.54. The lowest BCUT2D eigenvalue weighted by atomic mass is 10.1. The number of amides is 2. The van der Waals surface area contributed by atoms with Gasteiger partial charge in [-0.05, 0) is 35.9 Å². The van der Waals surface area contributed by atoms with Crippen molar-refractivity contribution >= 4 is 46.6 Å². The topological polar surface area (TPSA) is 76.0 Å².